The third kappa shape index (κ3) is 1.73. The normalized spacial score (nSPS) is 11.1. The Balaban J connectivity index is 2.21. The van der Waals surface area contributed by atoms with Crippen molar-refractivity contribution < 1.29 is 4.79 Å². The van der Waals surface area contributed by atoms with Gasteiger partial charge in [0, 0.05) is 23.2 Å². The van der Waals surface area contributed by atoms with E-state index in [1.165, 1.54) is 0 Å². The number of fused-ring (bicyclic) bond motifs is 2. The number of aromatic nitrogens is 2. The lowest BCUT2D eigenvalue weighted by Gasteiger charge is -1.95. The number of nitrogens with two attached hydrogens (primary N) is 1. The minimum absolute atomic E-state index is 0.187. The highest BCUT2D eigenvalue weighted by atomic mass is 16.1. The van der Waals surface area contributed by atoms with Gasteiger partial charge < -0.3 is 10.3 Å². The Morgan fingerprint density at radius 3 is 2.82 bits per heavy atom. The quantitative estimate of drug-likeness (QED) is 0.721. The Morgan fingerprint density at radius 2 is 2.00 bits per heavy atom. The second-order valence-corrected chi connectivity index (χ2v) is 4.05. The maximum atomic E-state index is 10.9. The summed E-state index contributed by atoms with van der Waals surface area (Å²) in [6.45, 7) is 0.187. The summed E-state index contributed by atoms with van der Waals surface area (Å²) < 4.78 is 1.76. The van der Waals surface area contributed by atoms with Gasteiger partial charge >= 0.3 is 0 Å². The first-order valence-corrected chi connectivity index (χ1v) is 5.36. The van der Waals surface area contributed by atoms with Crippen LogP contribution in [-0.2, 0) is 11.3 Å². The molecule has 0 unspecified atom stereocenters. The molecular formula is C13H11N3O. The first kappa shape index (κ1) is 9.84. The van der Waals surface area contributed by atoms with Crippen molar-refractivity contribution >= 4 is 27.7 Å². The lowest BCUT2D eigenvalue weighted by molar-refractivity contribution is -0.118. The highest BCUT2D eigenvalue weighted by Gasteiger charge is 2.04. The van der Waals surface area contributed by atoms with Crippen molar-refractivity contribution in [3.8, 4) is 0 Å². The van der Waals surface area contributed by atoms with E-state index in [0.29, 0.717) is 0 Å². The molecule has 0 aliphatic rings. The van der Waals surface area contributed by atoms with Crippen molar-refractivity contribution in [2.75, 3.05) is 0 Å². The number of amides is 1. The topological polar surface area (TPSA) is 60.9 Å². The first-order chi connectivity index (χ1) is 8.22. The maximum Gasteiger partial charge on any atom is 0.237 e. The van der Waals surface area contributed by atoms with Gasteiger partial charge in [0.05, 0.1) is 11.0 Å². The summed E-state index contributed by atoms with van der Waals surface area (Å²) in [4.78, 5) is 15.4. The van der Waals surface area contributed by atoms with Gasteiger partial charge in [0.1, 0.15) is 6.54 Å². The zero-order chi connectivity index (χ0) is 11.8. The summed E-state index contributed by atoms with van der Waals surface area (Å²) in [6.07, 6.45) is 3.73. The molecule has 0 bridgehead atoms. The summed E-state index contributed by atoms with van der Waals surface area (Å²) >= 11 is 0. The molecule has 2 heterocycles. The number of primary amides is 1. The average Bonchev–Trinajstić information content (AvgIpc) is 2.65. The van der Waals surface area contributed by atoms with Crippen molar-refractivity contribution in [3.63, 3.8) is 0 Å². The molecule has 0 saturated carbocycles. The standard InChI is InChI=1S/C13H11N3O/c14-13(17)8-16-6-10-5-9-3-1-2-4-11(9)15-12(10)7-16/h1-7H,8H2,(H2,14,17). The summed E-state index contributed by atoms with van der Waals surface area (Å²) in [5, 5.41) is 2.11. The molecular weight excluding hydrogens is 214 g/mol. The van der Waals surface area contributed by atoms with Gasteiger partial charge in [-0.3, -0.25) is 4.79 Å². The number of carbonyl (C=O) groups is 1. The fraction of sp³-hybridized carbons (Fsp3) is 0.0769. The van der Waals surface area contributed by atoms with Crippen LogP contribution in [0.2, 0.25) is 0 Å². The summed E-state index contributed by atoms with van der Waals surface area (Å²) in [6, 6.07) is 10.0. The Morgan fingerprint density at radius 1 is 1.18 bits per heavy atom. The number of nitrogens with zero attached hydrogens (tertiary/aromatic N) is 2. The molecule has 4 heteroatoms. The molecule has 4 nitrogen and oxygen atoms in total. The average molecular weight is 225 g/mol. The Bertz CT molecular complexity index is 662. The van der Waals surface area contributed by atoms with Crippen molar-refractivity contribution in [1.82, 2.24) is 9.55 Å². The smallest absolute Gasteiger partial charge is 0.237 e. The number of pyridine rings is 1. The second-order valence-electron chi connectivity index (χ2n) is 4.05. The molecule has 0 aliphatic carbocycles. The zero-order valence-corrected chi connectivity index (χ0v) is 9.13. The van der Waals surface area contributed by atoms with Crippen LogP contribution in [0.4, 0.5) is 0 Å². The molecule has 0 aliphatic heterocycles. The number of benzene rings is 1. The molecule has 0 fully saturated rings. The van der Waals surface area contributed by atoms with Gasteiger partial charge in [-0.1, -0.05) is 18.2 Å². The highest BCUT2D eigenvalue weighted by Crippen LogP contribution is 2.19. The Kier molecular flexibility index (Phi) is 2.08. The lowest BCUT2D eigenvalue weighted by Crippen LogP contribution is -2.17. The Labute approximate surface area is 97.7 Å². The van der Waals surface area contributed by atoms with Crippen molar-refractivity contribution in [2.45, 2.75) is 6.54 Å². The van der Waals surface area contributed by atoms with Crippen LogP contribution >= 0.6 is 0 Å². The second kappa shape index (κ2) is 3.59. The predicted molar refractivity (Wildman–Crippen MR) is 66.4 cm³/mol. The Hall–Kier alpha value is -2.36. The van der Waals surface area contributed by atoms with E-state index >= 15 is 0 Å². The van der Waals surface area contributed by atoms with Crippen LogP contribution < -0.4 is 5.73 Å². The van der Waals surface area contributed by atoms with Crippen LogP contribution in [0.5, 0.6) is 0 Å². The molecule has 1 amide bonds. The van der Waals surface area contributed by atoms with Gasteiger partial charge in [-0.25, -0.2) is 4.98 Å². The monoisotopic (exact) mass is 225 g/mol. The van der Waals surface area contributed by atoms with Crippen LogP contribution in [0.3, 0.4) is 0 Å². The van der Waals surface area contributed by atoms with Crippen molar-refractivity contribution in [3.05, 3.63) is 42.7 Å². The summed E-state index contributed by atoms with van der Waals surface area (Å²) in [5.74, 6) is -0.352. The van der Waals surface area contributed by atoms with E-state index in [4.69, 9.17) is 5.73 Å². The van der Waals surface area contributed by atoms with E-state index < -0.39 is 0 Å². The van der Waals surface area contributed by atoms with E-state index in [-0.39, 0.29) is 12.5 Å². The molecule has 0 spiro atoms. The van der Waals surface area contributed by atoms with Gasteiger partial charge in [0.2, 0.25) is 5.91 Å². The van der Waals surface area contributed by atoms with Gasteiger partial charge in [0.15, 0.2) is 0 Å². The largest absolute Gasteiger partial charge is 0.368 e. The molecule has 17 heavy (non-hydrogen) atoms. The van der Waals surface area contributed by atoms with Crippen LogP contribution in [0.25, 0.3) is 21.8 Å². The molecule has 2 aromatic heterocycles. The highest BCUT2D eigenvalue weighted by molar-refractivity contribution is 5.92. The van der Waals surface area contributed by atoms with Crippen LogP contribution in [0, 0.1) is 0 Å². The molecule has 2 N–H and O–H groups in total. The number of hydrogen-bond donors (Lipinski definition) is 1. The van der Waals surface area contributed by atoms with Crippen LogP contribution in [-0.4, -0.2) is 15.5 Å². The fourth-order valence-electron chi connectivity index (χ4n) is 2.00. The molecule has 1 aromatic carbocycles. The van der Waals surface area contributed by atoms with Gasteiger partial charge in [0.25, 0.3) is 0 Å². The third-order valence-corrected chi connectivity index (χ3v) is 2.72. The maximum absolute atomic E-state index is 10.9. The van der Waals surface area contributed by atoms with Gasteiger partial charge in [-0.2, -0.15) is 0 Å². The summed E-state index contributed by atoms with van der Waals surface area (Å²) in [7, 11) is 0. The van der Waals surface area contributed by atoms with E-state index in [1.807, 2.05) is 36.7 Å². The predicted octanol–water partition coefficient (Wildman–Crippen LogP) is 1.67. The van der Waals surface area contributed by atoms with Gasteiger partial charge in [-0.05, 0) is 12.1 Å². The number of para-hydroxylation sites is 1. The molecule has 3 rings (SSSR count). The van der Waals surface area contributed by atoms with E-state index in [2.05, 4.69) is 11.1 Å². The molecule has 84 valence electrons. The van der Waals surface area contributed by atoms with Crippen LogP contribution in [0.15, 0.2) is 42.7 Å². The molecule has 0 atom stereocenters. The molecule has 0 saturated heterocycles. The third-order valence-electron chi connectivity index (χ3n) is 2.72. The van der Waals surface area contributed by atoms with Crippen molar-refractivity contribution in [2.24, 2.45) is 5.73 Å². The minimum Gasteiger partial charge on any atom is -0.368 e. The molecule has 0 radical (unpaired) electrons. The van der Waals surface area contributed by atoms with E-state index in [1.54, 1.807) is 4.57 Å². The fourth-order valence-corrected chi connectivity index (χ4v) is 2.00. The van der Waals surface area contributed by atoms with Gasteiger partial charge in [-0.15, -0.1) is 0 Å². The van der Waals surface area contributed by atoms with E-state index in [9.17, 15) is 4.79 Å². The number of rotatable bonds is 2. The van der Waals surface area contributed by atoms with Crippen molar-refractivity contribution in [1.29, 1.82) is 0 Å². The summed E-state index contributed by atoms with van der Waals surface area (Å²) in [5.41, 5.74) is 7.00. The van der Waals surface area contributed by atoms with Crippen LogP contribution in [0.1, 0.15) is 0 Å². The minimum atomic E-state index is -0.352. The number of carbonyl (C=O) groups excluding carboxylic acids is 1. The lowest BCUT2D eigenvalue weighted by atomic mass is 10.2. The SMILES string of the molecule is NC(=O)Cn1cc2cc3ccccc3nc2c1. The van der Waals surface area contributed by atoms with E-state index in [0.717, 1.165) is 21.8 Å². The first-order valence-electron chi connectivity index (χ1n) is 5.36. The number of hydrogen-bond acceptors (Lipinski definition) is 2. The molecule has 3 aromatic rings. The zero-order valence-electron chi connectivity index (χ0n) is 9.13.